The Morgan fingerprint density at radius 1 is 0.758 bits per heavy atom. The molecule has 0 aliphatic carbocycles. The molecule has 0 amide bonds. The van der Waals surface area contributed by atoms with Crippen LogP contribution >= 0.6 is 0 Å². The van der Waals surface area contributed by atoms with Crippen LogP contribution in [0.25, 0.3) is 10.8 Å². The number of nitrogens with zero attached hydrogens (tertiary/aromatic N) is 1. The van der Waals surface area contributed by atoms with Crippen molar-refractivity contribution >= 4 is 10.8 Å². The number of rotatable bonds is 6. The molecule has 164 valence electrons. The van der Waals surface area contributed by atoms with E-state index in [0.29, 0.717) is 24.0 Å². The number of halogens is 3. The van der Waals surface area contributed by atoms with E-state index in [1.165, 1.54) is 24.3 Å². The Morgan fingerprint density at radius 2 is 1.52 bits per heavy atom. The third-order valence-corrected chi connectivity index (χ3v) is 5.43. The van der Waals surface area contributed by atoms with Crippen molar-refractivity contribution in [2.45, 2.75) is 25.7 Å². The third-order valence-electron chi connectivity index (χ3n) is 5.43. The number of pyridine rings is 1. The summed E-state index contributed by atoms with van der Waals surface area (Å²) in [6, 6.07) is 16.3. The van der Waals surface area contributed by atoms with Crippen molar-refractivity contribution in [1.82, 2.24) is 4.98 Å². The van der Waals surface area contributed by atoms with Gasteiger partial charge in [-0.15, -0.1) is 6.58 Å². The quantitative estimate of drug-likeness (QED) is 0.233. The Bertz CT molecular complexity index is 1340. The fourth-order valence-corrected chi connectivity index (χ4v) is 3.61. The fraction of sp³-hybridized carbons (Fsp3) is 0.138. The van der Waals surface area contributed by atoms with Gasteiger partial charge in [-0.05, 0) is 90.0 Å². The van der Waals surface area contributed by atoms with Crippen molar-refractivity contribution in [2.75, 3.05) is 0 Å². The second-order valence-corrected chi connectivity index (χ2v) is 7.88. The van der Waals surface area contributed by atoms with Gasteiger partial charge >= 0.3 is 0 Å². The first-order valence-electron chi connectivity index (χ1n) is 10.8. The zero-order chi connectivity index (χ0) is 23.2. The van der Waals surface area contributed by atoms with Gasteiger partial charge in [0, 0.05) is 17.5 Å². The first-order valence-corrected chi connectivity index (χ1v) is 10.8. The first kappa shape index (κ1) is 22.4. The highest BCUT2D eigenvalue weighted by atomic mass is 19.1. The van der Waals surface area contributed by atoms with Crippen molar-refractivity contribution in [3.8, 4) is 11.8 Å². The number of benzene rings is 3. The molecular formula is C29H22F3N. The molecule has 0 bridgehead atoms. The molecule has 0 saturated carbocycles. The second-order valence-electron chi connectivity index (χ2n) is 7.88. The third kappa shape index (κ3) is 5.70. The lowest BCUT2D eigenvalue weighted by Crippen LogP contribution is -1.99. The van der Waals surface area contributed by atoms with Crippen LogP contribution in [0.2, 0.25) is 0 Å². The van der Waals surface area contributed by atoms with E-state index in [-0.39, 0.29) is 11.4 Å². The molecule has 0 radical (unpaired) electrons. The minimum Gasteiger partial charge on any atom is -0.261 e. The predicted molar refractivity (Wildman–Crippen MR) is 126 cm³/mol. The van der Waals surface area contributed by atoms with Gasteiger partial charge in [-0.25, -0.2) is 13.2 Å². The lowest BCUT2D eigenvalue weighted by molar-refractivity contribution is 0.573. The lowest BCUT2D eigenvalue weighted by Gasteiger charge is -2.06. The van der Waals surface area contributed by atoms with Crippen LogP contribution < -0.4 is 0 Å². The average molecular weight is 441 g/mol. The van der Waals surface area contributed by atoms with Gasteiger partial charge in [0.1, 0.15) is 17.5 Å². The number of hydrogen-bond donors (Lipinski definition) is 0. The molecule has 0 saturated heterocycles. The van der Waals surface area contributed by atoms with Crippen LogP contribution in [0.1, 0.15) is 34.4 Å². The highest BCUT2D eigenvalue weighted by Gasteiger charge is 2.10. The van der Waals surface area contributed by atoms with Gasteiger partial charge < -0.3 is 0 Å². The van der Waals surface area contributed by atoms with Crippen LogP contribution in [0.4, 0.5) is 13.2 Å². The van der Waals surface area contributed by atoms with E-state index in [1.54, 1.807) is 24.3 Å². The first-order chi connectivity index (χ1) is 16.0. The molecule has 0 fully saturated rings. The molecule has 0 N–H and O–H groups in total. The van der Waals surface area contributed by atoms with Crippen molar-refractivity contribution in [1.29, 1.82) is 0 Å². The van der Waals surface area contributed by atoms with Crippen molar-refractivity contribution < 1.29 is 13.2 Å². The molecule has 3 aromatic carbocycles. The molecule has 4 rings (SSSR count). The lowest BCUT2D eigenvalue weighted by atomic mass is 10.0. The zero-order valence-electron chi connectivity index (χ0n) is 18.0. The number of fused-ring (bicyclic) bond motifs is 1. The summed E-state index contributed by atoms with van der Waals surface area (Å²) in [7, 11) is 0. The molecule has 4 heteroatoms. The van der Waals surface area contributed by atoms with Crippen LogP contribution in [-0.4, -0.2) is 4.98 Å². The van der Waals surface area contributed by atoms with Gasteiger partial charge in [-0.3, -0.25) is 4.98 Å². The SMILES string of the molecule is C=CCCc1ccc(CCc2cc(F)c(C#Cc3ccc4cc(F)ccc4c3)c(F)c2)nc1. The molecule has 1 nitrogen and oxygen atoms in total. The molecule has 0 unspecified atom stereocenters. The van der Waals surface area contributed by atoms with E-state index in [1.807, 2.05) is 24.4 Å². The van der Waals surface area contributed by atoms with E-state index < -0.39 is 11.6 Å². The topological polar surface area (TPSA) is 12.9 Å². The summed E-state index contributed by atoms with van der Waals surface area (Å²) in [5.41, 5.74) is 2.90. The van der Waals surface area contributed by atoms with Gasteiger partial charge in [0.2, 0.25) is 0 Å². The van der Waals surface area contributed by atoms with Crippen molar-refractivity contribution in [2.24, 2.45) is 0 Å². The summed E-state index contributed by atoms with van der Waals surface area (Å²) >= 11 is 0. The molecule has 0 spiro atoms. The van der Waals surface area contributed by atoms with Crippen LogP contribution in [0.3, 0.4) is 0 Å². The van der Waals surface area contributed by atoms with Gasteiger partial charge in [-0.2, -0.15) is 0 Å². The number of allylic oxidation sites excluding steroid dienone is 1. The Labute approximate surface area is 191 Å². The fourth-order valence-electron chi connectivity index (χ4n) is 3.61. The summed E-state index contributed by atoms with van der Waals surface area (Å²) < 4.78 is 42.5. The highest BCUT2D eigenvalue weighted by Crippen LogP contribution is 2.19. The normalized spacial score (nSPS) is 10.6. The van der Waals surface area contributed by atoms with E-state index in [9.17, 15) is 13.2 Å². The Morgan fingerprint density at radius 3 is 2.24 bits per heavy atom. The number of hydrogen-bond acceptors (Lipinski definition) is 1. The largest absolute Gasteiger partial charge is 0.261 e. The van der Waals surface area contributed by atoms with Crippen LogP contribution in [-0.2, 0) is 19.3 Å². The Kier molecular flexibility index (Phi) is 6.90. The van der Waals surface area contributed by atoms with E-state index in [0.717, 1.165) is 34.9 Å². The maximum Gasteiger partial charge on any atom is 0.142 e. The summed E-state index contributed by atoms with van der Waals surface area (Å²) in [6.45, 7) is 3.72. The predicted octanol–water partition coefficient (Wildman–Crippen LogP) is 6.96. The summed E-state index contributed by atoms with van der Waals surface area (Å²) in [5, 5.41) is 1.55. The van der Waals surface area contributed by atoms with E-state index in [4.69, 9.17) is 0 Å². The van der Waals surface area contributed by atoms with Gasteiger partial charge in [0.15, 0.2) is 0 Å². The summed E-state index contributed by atoms with van der Waals surface area (Å²) in [5.74, 6) is 3.72. The summed E-state index contributed by atoms with van der Waals surface area (Å²) in [4.78, 5) is 4.43. The van der Waals surface area contributed by atoms with Gasteiger partial charge in [0.05, 0.1) is 5.56 Å². The van der Waals surface area contributed by atoms with Gasteiger partial charge in [-0.1, -0.05) is 36.1 Å². The van der Waals surface area contributed by atoms with Crippen LogP contribution in [0, 0.1) is 29.3 Å². The van der Waals surface area contributed by atoms with Crippen molar-refractivity contribution in [3.63, 3.8) is 0 Å². The molecule has 1 heterocycles. The standard InChI is InChI=1S/C29H22F3N/c1-2-3-4-21-6-12-26(33-19-21)13-7-22-16-28(31)27(29(32)17-22)14-8-20-5-9-24-18-25(30)11-10-23(24)15-20/h2,5-6,9-12,15-19H,1,3-4,7,13H2. The molecular weight excluding hydrogens is 419 g/mol. The molecule has 0 atom stereocenters. The maximum atomic E-state index is 14.6. The smallest absolute Gasteiger partial charge is 0.142 e. The van der Waals surface area contributed by atoms with Gasteiger partial charge in [0.25, 0.3) is 0 Å². The molecule has 1 aromatic heterocycles. The molecule has 0 aliphatic heterocycles. The van der Waals surface area contributed by atoms with Crippen LogP contribution in [0.15, 0.2) is 79.5 Å². The minimum atomic E-state index is -0.687. The zero-order valence-corrected chi connectivity index (χ0v) is 18.0. The minimum absolute atomic E-state index is 0.261. The number of aromatic nitrogens is 1. The molecule has 4 aromatic rings. The highest BCUT2D eigenvalue weighted by molar-refractivity contribution is 5.84. The Balaban J connectivity index is 1.46. The monoisotopic (exact) mass is 441 g/mol. The number of aryl methyl sites for hydroxylation is 3. The molecule has 33 heavy (non-hydrogen) atoms. The van der Waals surface area contributed by atoms with Crippen molar-refractivity contribution in [3.05, 3.63) is 125 Å². The summed E-state index contributed by atoms with van der Waals surface area (Å²) in [6.07, 6.45) is 6.56. The van der Waals surface area contributed by atoms with E-state index in [2.05, 4.69) is 23.4 Å². The van der Waals surface area contributed by atoms with E-state index >= 15 is 0 Å². The maximum absolute atomic E-state index is 14.6. The second kappa shape index (κ2) is 10.2. The Hall–Kier alpha value is -3.84. The average Bonchev–Trinajstić information content (AvgIpc) is 2.81. The van der Waals surface area contributed by atoms with Crippen LogP contribution in [0.5, 0.6) is 0 Å². The molecule has 0 aliphatic rings.